The van der Waals surface area contributed by atoms with E-state index in [2.05, 4.69) is 26.7 Å². The van der Waals surface area contributed by atoms with Crippen molar-refractivity contribution in [2.75, 3.05) is 10.6 Å². The first-order valence-corrected chi connectivity index (χ1v) is 8.47. The van der Waals surface area contributed by atoms with Gasteiger partial charge in [-0.05, 0) is 74.2 Å². The zero-order valence-electron chi connectivity index (χ0n) is 15.4. The Morgan fingerprint density at radius 3 is 2.15 bits per heavy atom. The van der Waals surface area contributed by atoms with Crippen molar-refractivity contribution in [2.45, 2.75) is 27.7 Å². The van der Waals surface area contributed by atoms with Crippen LogP contribution in [-0.4, -0.2) is 15.9 Å². The number of benzene rings is 2. The molecule has 0 saturated heterocycles. The Balaban J connectivity index is 1.70. The molecule has 2 aromatic carbocycles. The third kappa shape index (κ3) is 4.25. The van der Waals surface area contributed by atoms with Gasteiger partial charge in [-0.3, -0.25) is 4.79 Å². The van der Waals surface area contributed by atoms with Crippen molar-refractivity contribution in [1.29, 1.82) is 0 Å². The van der Waals surface area contributed by atoms with Crippen LogP contribution in [0.25, 0.3) is 0 Å². The van der Waals surface area contributed by atoms with Gasteiger partial charge < -0.3 is 10.6 Å². The first kappa shape index (κ1) is 17.6. The Morgan fingerprint density at radius 2 is 1.54 bits per heavy atom. The van der Waals surface area contributed by atoms with Crippen molar-refractivity contribution < 1.29 is 4.79 Å². The summed E-state index contributed by atoms with van der Waals surface area (Å²) in [5.41, 5.74) is 6.62. The van der Waals surface area contributed by atoms with E-state index in [1.165, 1.54) is 22.9 Å². The van der Waals surface area contributed by atoms with Gasteiger partial charge in [0.25, 0.3) is 5.91 Å². The summed E-state index contributed by atoms with van der Waals surface area (Å²) in [5, 5.41) is 6.06. The molecule has 5 heteroatoms. The first-order chi connectivity index (χ1) is 12.4. The monoisotopic (exact) mass is 346 g/mol. The van der Waals surface area contributed by atoms with Gasteiger partial charge in [0.1, 0.15) is 11.5 Å². The summed E-state index contributed by atoms with van der Waals surface area (Å²) in [6.07, 6.45) is 3.04. The summed E-state index contributed by atoms with van der Waals surface area (Å²) in [4.78, 5) is 20.8. The van der Waals surface area contributed by atoms with Crippen LogP contribution in [0.5, 0.6) is 0 Å². The number of rotatable bonds is 4. The van der Waals surface area contributed by atoms with Crippen molar-refractivity contribution in [3.8, 4) is 0 Å². The fraction of sp³-hybridized carbons (Fsp3) is 0.190. The molecule has 0 spiro atoms. The van der Waals surface area contributed by atoms with E-state index in [0.29, 0.717) is 5.82 Å². The molecule has 0 bridgehead atoms. The number of carbonyl (C=O) groups is 1. The molecule has 0 aliphatic heterocycles. The maximum absolute atomic E-state index is 12.3. The molecule has 26 heavy (non-hydrogen) atoms. The van der Waals surface area contributed by atoms with Gasteiger partial charge in [-0.25, -0.2) is 9.97 Å². The number of amides is 1. The predicted molar refractivity (Wildman–Crippen MR) is 105 cm³/mol. The Bertz CT molecular complexity index is 928. The average Bonchev–Trinajstić information content (AvgIpc) is 2.58. The molecule has 0 aliphatic carbocycles. The lowest BCUT2D eigenvalue weighted by Gasteiger charge is -2.09. The highest BCUT2D eigenvalue weighted by Crippen LogP contribution is 2.18. The van der Waals surface area contributed by atoms with Gasteiger partial charge in [-0.1, -0.05) is 12.1 Å². The molecule has 0 radical (unpaired) electrons. The minimum absolute atomic E-state index is 0.272. The summed E-state index contributed by atoms with van der Waals surface area (Å²) in [5.74, 6) is 0.316. The summed E-state index contributed by atoms with van der Waals surface area (Å²) in [6, 6.07) is 12.0. The molecule has 3 aromatic rings. The second-order valence-electron chi connectivity index (χ2n) is 6.54. The quantitative estimate of drug-likeness (QED) is 0.718. The maximum Gasteiger partial charge on any atom is 0.275 e. The van der Waals surface area contributed by atoms with Crippen LogP contribution in [0.2, 0.25) is 0 Å². The highest BCUT2D eigenvalue weighted by atomic mass is 16.1. The van der Waals surface area contributed by atoms with Crippen LogP contribution in [0, 0.1) is 27.7 Å². The van der Waals surface area contributed by atoms with E-state index >= 15 is 0 Å². The molecule has 1 heterocycles. The molecule has 0 aliphatic rings. The highest BCUT2D eigenvalue weighted by molar-refractivity contribution is 6.02. The van der Waals surface area contributed by atoms with Crippen LogP contribution in [0.15, 0.2) is 48.8 Å². The zero-order chi connectivity index (χ0) is 18.7. The van der Waals surface area contributed by atoms with Crippen LogP contribution in [-0.2, 0) is 0 Å². The maximum atomic E-state index is 12.3. The number of hydrogen-bond acceptors (Lipinski definition) is 4. The number of aryl methyl sites for hydroxylation is 4. The van der Waals surface area contributed by atoms with Gasteiger partial charge in [0.15, 0.2) is 0 Å². The Kier molecular flexibility index (Phi) is 4.98. The van der Waals surface area contributed by atoms with Crippen LogP contribution >= 0.6 is 0 Å². The van der Waals surface area contributed by atoms with E-state index < -0.39 is 0 Å². The van der Waals surface area contributed by atoms with Gasteiger partial charge in [-0.15, -0.1) is 0 Å². The van der Waals surface area contributed by atoms with E-state index in [4.69, 9.17) is 0 Å². The molecular weight excluding hydrogens is 324 g/mol. The predicted octanol–water partition coefficient (Wildman–Crippen LogP) is 4.71. The summed E-state index contributed by atoms with van der Waals surface area (Å²) >= 11 is 0. The largest absolute Gasteiger partial charge is 0.339 e. The van der Waals surface area contributed by atoms with Gasteiger partial charge in [0.05, 0.1) is 12.4 Å². The average molecular weight is 346 g/mol. The molecule has 0 unspecified atom stereocenters. The van der Waals surface area contributed by atoms with E-state index in [0.717, 1.165) is 16.9 Å². The molecule has 132 valence electrons. The molecule has 3 rings (SSSR count). The molecule has 0 saturated carbocycles. The van der Waals surface area contributed by atoms with Crippen LogP contribution < -0.4 is 10.6 Å². The van der Waals surface area contributed by atoms with Crippen molar-refractivity contribution in [3.05, 3.63) is 76.7 Å². The number of carbonyl (C=O) groups excluding carboxylic acids is 1. The molecular formula is C21H22N4O. The fourth-order valence-corrected chi connectivity index (χ4v) is 2.72. The number of aromatic nitrogens is 2. The smallest absolute Gasteiger partial charge is 0.275 e. The van der Waals surface area contributed by atoms with E-state index in [-0.39, 0.29) is 11.6 Å². The molecule has 5 nitrogen and oxygen atoms in total. The Hall–Kier alpha value is -3.21. The summed E-state index contributed by atoms with van der Waals surface area (Å²) in [6.45, 7) is 8.14. The second-order valence-corrected chi connectivity index (χ2v) is 6.54. The first-order valence-electron chi connectivity index (χ1n) is 8.47. The van der Waals surface area contributed by atoms with Gasteiger partial charge in [-0.2, -0.15) is 0 Å². The van der Waals surface area contributed by atoms with Gasteiger partial charge >= 0.3 is 0 Å². The standard InChI is InChI=1S/C21H22N4O/c1-13-7-14(2)9-18(8-13)24-20-12-22-19(11-23-20)21(26)25-17-6-5-15(3)16(4)10-17/h5-12H,1-4H3,(H,23,24)(H,25,26). The number of nitrogens with one attached hydrogen (secondary N) is 2. The molecule has 1 aromatic heterocycles. The van der Waals surface area contributed by atoms with Crippen molar-refractivity contribution in [3.63, 3.8) is 0 Å². The second kappa shape index (κ2) is 7.35. The molecule has 0 fully saturated rings. The lowest BCUT2D eigenvalue weighted by Crippen LogP contribution is -2.14. The van der Waals surface area contributed by atoms with E-state index in [9.17, 15) is 4.79 Å². The van der Waals surface area contributed by atoms with Gasteiger partial charge in [0.2, 0.25) is 0 Å². The van der Waals surface area contributed by atoms with Gasteiger partial charge in [0, 0.05) is 11.4 Å². The van der Waals surface area contributed by atoms with Crippen LogP contribution in [0.1, 0.15) is 32.7 Å². The summed E-state index contributed by atoms with van der Waals surface area (Å²) in [7, 11) is 0. The van der Waals surface area contributed by atoms with Crippen LogP contribution in [0.3, 0.4) is 0 Å². The van der Waals surface area contributed by atoms with E-state index in [1.54, 1.807) is 6.20 Å². The minimum atomic E-state index is -0.279. The minimum Gasteiger partial charge on any atom is -0.339 e. The SMILES string of the molecule is Cc1cc(C)cc(Nc2cnc(C(=O)Nc3ccc(C)c(C)c3)cn2)c1. The van der Waals surface area contributed by atoms with Crippen molar-refractivity contribution in [2.24, 2.45) is 0 Å². The normalized spacial score (nSPS) is 10.5. The van der Waals surface area contributed by atoms with Crippen molar-refractivity contribution >= 4 is 23.1 Å². The lowest BCUT2D eigenvalue weighted by molar-refractivity contribution is 0.102. The number of anilines is 3. The lowest BCUT2D eigenvalue weighted by atomic mass is 10.1. The van der Waals surface area contributed by atoms with Crippen molar-refractivity contribution in [1.82, 2.24) is 9.97 Å². The van der Waals surface area contributed by atoms with E-state index in [1.807, 2.05) is 58.0 Å². The molecule has 1 amide bonds. The Labute approximate surface area is 153 Å². The fourth-order valence-electron chi connectivity index (χ4n) is 2.72. The number of hydrogen-bond donors (Lipinski definition) is 2. The topological polar surface area (TPSA) is 66.9 Å². The highest BCUT2D eigenvalue weighted by Gasteiger charge is 2.09. The molecule has 2 N–H and O–H groups in total. The third-order valence-electron chi connectivity index (χ3n) is 4.14. The molecule has 0 atom stereocenters. The summed E-state index contributed by atoms with van der Waals surface area (Å²) < 4.78 is 0. The number of nitrogens with zero attached hydrogens (tertiary/aromatic N) is 2. The van der Waals surface area contributed by atoms with Crippen LogP contribution in [0.4, 0.5) is 17.2 Å². The zero-order valence-corrected chi connectivity index (χ0v) is 15.4. The Morgan fingerprint density at radius 1 is 0.808 bits per heavy atom. The third-order valence-corrected chi connectivity index (χ3v) is 4.14.